The number of nitrogens with two attached hydrogens (primary N) is 1. The summed E-state index contributed by atoms with van der Waals surface area (Å²) < 4.78 is 7.25. The van der Waals surface area contributed by atoms with Crippen LogP contribution in [0.1, 0.15) is 75.0 Å². The van der Waals surface area contributed by atoms with E-state index in [-0.39, 0.29) is 11.3 Å². The van der Waals surface area contributed by atoms with Gasteiger partial charge in [-0.2, -0.15) is 0 Å². The SMILES string of the molecule is CC/C=C\N(N)CC(=O)C1CCC2C3CCc4cc(OCc5ccccc5)c(Br)cc4C3CCC12C. The summed E-state index contributed by atoms with van der Waals surface area (Å²) in [6, 6.07) is 14.9. The van der Waals surface area contributed by atoms with Crippen molar-refractivity contribution in [2.45, 2.75) is 71.3 Å². The summed E-state index contributed by atoms with van der Waals surface area (Å²) in [6.07, 6.45) is 11.5. The Morgan fingerprint density at radius 1 is 1.19 bits per heavy atom. The molecular formula is C31H39BrN2O2. The maximum absolute atomic E-state index is 13.3. The van der Waals surface area contributed by atoms with E-state index in [2.05, 4.69) is 54.0 Å². The number of hydrogen-bond donors (Lipinski definition) is 1. The van der Waals surface area contributed by atoms with Crippen LogP contribution in [0.5, 0.6) is 5.75 Å². The Hall–Kier alpha value is -2.11. The molecule has 192 valence electrons. The average molecular weight is 552 g/mol. The molecule has 3 aliphatic carbocycles. The summed E-state index contributed by atoms with van der Waals surface area (Å²) in [4.78, 5) is 13.3. The number of carbonyl (C=O) groups is 1. The minimum Gasteiger partial charge on any atom is -0.488 e. The Balaban J connectivity index is 1.30. The van der Waals surface area contributed by atoms with Gasteiger partial charge in [-0.1, -0.05) is 50.3 Å². The van der Waals surface area contributed by atoms with E-state index in [1.54, 1.807) is 5.01 Å². The predicted molar refractivity (Wildman–Crippen MR) is 148 cm³/mol. The number of aryl methyl sites for hydroxylation is 1. The Bertz CT molecular complexity index is 1120. The molecule has 0 bridgehead atoms. The number of hydrazine groups is 1. The second-order valence-corrected chi connectivity index (χ2v) is 12.1. The number of fused-ring (bicyclic) bond motifs is 5. The number of halogens is 1. The highest BCUT2D eigenvalue weighted by atomic mass is 79.9. The monoisotopic (exact) mass is 550 g/mol. The van der Waals surface area contributed by atoms with Gasteiger partial charge in [-0.05, 0) is 113 Å². The first-order valence-corrected chi connectivity index (χ1v) is 14.4. The van der Waals surface area contributed by atoms with Crippen LogP contribution in [-0.4, -0.2) is 17.3 Å². The van der Waals surface area contributed by atoms with Crippen LogP contribution in [0.25, 0.3) is 0 Å². The minimum absolute atomic E-state index is 0.0982. The van der Waals surface area contributed by atoms with Crippen molar-refractivity contribution < 1.29 is 9.53 Å². The van der Waals surface area contributed by atoms with Crippen LogP contribution < -0.4 is 10.6 Å². The van der Waals surface area contributed by atoms with Crippen molar-refractivity contribution in [3.05, 3.63) is 75.9 Å². The lowest BCUT2D eigenvalue weighted by molar-refractivity contribution is -0.128. The molecule has 0 aromatic heterocycles. The summed E-state index contributed by atoms with van der Waals surface area (Å²) in [5, 5.41) is 1.57. The number of nitrogens with zero attached hydrogens (tertiary/aromatic N) is 1. The summed E-state index contributed by atoms with van der Waals surface area (Å²) in [6.45, 7) is 5.37. The van der Waals surface area contributed by atoms with E-state index in [0.717, 1.165) is 48.7 Å². The molecule has 0 spiro atoms. The van der Waals surface area contributed by atoms with Gasteiger partial charge in [-0.25, -0.2) is 5.84 Å². The fourth-order valence-corrected chi connectivity index (χ4v) is 8.00. The van der Waals surface area contributed by atoms with E-state index in [0.29, 0.717) is 36.7 Å². The van der Waals surface area contributed by atoms with Gasteiger partial charge < -0.3 is 9.75 Å². The second-order valence-electron chi connectivity index (χ2n) is 11.3. The van der Waals surface area contributed by atoms with Crippen LogP contribution in [0.2, 0.25) is 0 Å². The number of hydrogen-bond acceptors (Lipinski definition) is 4. The van der Waals surface area contributed by atoms with Gasteiger partial charge in [0.05, 0.1) is 11.0 Å². The summed E-state index contributed by atoms with van der Waals surface area (Å²) >= 11 is 3.81. The largest absolute Gasteiger partial charge is 0.488 e. The van der Waals surface area contributed by atoms with Crippen LogP contribution in [0.15, 0.2) is 59.2 Å². The van der Waals surface area contributed by atoms with Crippen molar-refractivity contribution in [2.24, 2.45) is 29.0 Å². The smallest absolute Gasteiger partial charge is 0.157 e. The lowest BCUT2D eigenvalue weighted by Gasteiger charge is -2.51. The fourth-order valence-electron chi connectivity index (χ4n) is 7.53. The van der Waals surface area contributed by atoms with Crippen molar-refractivity contribution in [2.75, 3.05) is 6.54 Å². The van der Waals surface area contributed by atoms with E-state index in [4.69, 9.17) is 10.6 Å². The van der Waals surface area contributed by atoms with Gasteiger partial charge in [0.15, 0.2) is 5.78 Å². The molecule has 5 unspecified atom stereocenters. The lowest BCUT2D eigenvalue weighted by atomic mass is 9.54. The summed E-state index contributed by atoms with van der Waals surface area (Å²) in [5.74, 6) is 9.33. The molecule has 2 aromatic rings. The summed E-state index contributed by atoms with van der Waals surface area (Å²) in [5.41, 5.74) is 4.22. The standard InChI is InChI=1S/C31H39BrN2O2/c1-3-4-16-34(33)19-29(35)27-13-12-26-24-11-10-22-17-30(36-20-21-8-6-5-7-9-21)28(32)18-25(22)23(24)14-15-31(26,27)2/h4-9,16-18,23-24,26-27H,3,10-15,19-20,33H2,1-2H3/b16-4-. The normalized spacial score (nSPS) is 28.9. The van der Waals surface area contributed by atoms with Crippen molar-refractivity contribution in [3.63, 3.8) is 0 Å². The lowest BCUT2D eigenvalue weighted by Crippen LogP contribution is -2.46. The fraction of sp³-hybridized carbons (Fsp3) is 0.516. The van der Waals surface area contributed by atoms with Crippen LogP contribution in [0.3, 0.4) is 0 Å². The third kappa shape index (κ3) is 4.89. The highest BCUT2D eigenvalue weighted by Crippen LogP contribution is 2.63. The van der Waals surface area contributed by atoms with Gasteiger partial charge >= 0.3 is 0 Å². The first-order valence-electron chi connectivity index (χ1n) is 13.6. The molecule has 5 rings (SSSR count). The average Bonchev–Trinajstić information content (AvgIpc) is 3.24. The molecule has 3 aliphatic rings. The quantitative estimate of drug-likeness (QED) is 0.279. The number of carbonyl (C=O) groups excluding carboxylic acids is 1. The highest BCUT2D eigenvalue weighted by molar-refractivity contribution is 9.10. The Kier molecular flexibility index (Phi) is 7.60. The zero-order valence-electron chi connectivity index (χ0n) is 21.6. The molecule has 0 amide bonds. The third-order valence-electron chi connectivity index (χ3n) is 9.27. The van der Waals surface area contributed by atoms with Gasteiger partial charge in [0.25, 0.3) is 0 Å². The molecule has 2 aromatic carbocycles. The van der Waals surface area contributed by atoms with Crippen LogP contribution in [0.4, 0.5) is 0 Å². The van der Waals surface area contributed by atoms with Crippen molar-refractivity contribution in [3.8, 4) is 5.75 Å². The van der Waals surface area contributed by atoms with E-state index < -0.39 is 0 Å². The second kappa shape index (κ2) is 10.7. The molecule has 0 aliphatic heterocycles. The Morgan fingerprint density at radius 2 is 2.00 bits per heavy atom. The number of ether oxygens (including phenoxy) is 1. The first kappa shape index (κ1) is 25.5. The molecule has 2 fully saturated rings. The number of ketones is 1. The van der Waals surface area contributed by atoms with Gasteiger partial charge in [0, 0.05) is 12.1 Å². The van der Waals surface area contributed by atoms with Crippen LogP contribution >= 0.6 is 15.9 Å². The number of benzene rings is 2. The van der Waals surface area contributed by atoms with E-state index in [1.165, 1.54) is 23.1 Å². The molecule has 2 N–H and O–H groups in total. The van der Waals surface area contributed by atoms with Crippen molar-refractivity contribution in [1.29, 1.82) is 0 Å². The zero-order valence-corrected chi connectivity index (χ0v) is 23.2. The van der Waals surface area contributed by atoms with E-state index in [1.807, 2.05) is 30.5 Å². The third-order valence-corrected chi connectivity index (χ3v) is 9.89. The zero-order chi connectivity index (χ0) is 25.3. The number of rotatable bonds is 8. The molecule has 4 nitrogen and oxygen atoms in total. The number of allylic oxidation sites excluding steroid dienone is 1. The van der Waals surface area contributed by atoms with Gasteiger partial charge in [-0.15, -0.1) is 0 Å². The molecule has 0 saturated heterocycles. The van der Waals surface area contributed by atoms with E-state index in [9.17, 15) is 4.79 Å². The molecular weight excluding hydrogens is 512 g/mol. The first-order chi connectivity index (χ1) is 17.4. The van der Waals surface area contributed by atoms with Gasteiger partial charge in [0.2, 0.25) is 0 Å². The Labute approximate surface area is 224 Å². The van der Waals surface area contributed by atoms with Gasteiger partial charge in [0.1, 0.15) is 12.4 Å². The van der Waals surface area contributed by atoms with Crippen molar-refractivity contribution >= 4 is 21.7 Å². The summed E-state index contributed by atoms with van der Waals surface area (Å²) in [7, 11) is 0. The maximum atomic E-state index is 13.3. The van der Waals surface area contributed by atoms with Crippen molar-refractivity contribution in [1.82, 2.24) is 5.01 Å². The topological polar surface area (TPSA) is 55.6 Å². The minimum atomic E-state index is 0.0982. The van der Waals surface area contributed by atoms with Gasteiger partial charge in [-0.3, -0.25) is 4.79 Å². The molecule has 36 heavy (non-hydrogen) atoms. The van der Waals surface area contributed by atoms with Crippen LogP contribution in [0, 0.1) is 23.2 Å². The number of Topliss-reactive ketones (excluding diaryl/α,β-unsaturated/α-hetero) is 1. The highest BCUT2D eigenvalue weighted by Gasteiger charge is 2.56. The van der Waals surface area contributed by atoms with Crippen LogP contribution in [-0.2, 0) is 17.8 Å². The molecule has 0 heterocycles. The predicted octanol–water partition coefficient (Wildman–Crippen LogP) is 7.17. The molecule has 2 saturated carbocycles. The maximum Gasteiger partial charge on any atom is 0.157 e. The van der Waals surface area contributed by atoms with E-state index >= 15 is 0 Å². The molecule has 0 radical (unpaired) electrons. The Morgan fingerprint density at radius 3 is 2.78 bits per heavy atom. The molecule has 5 atom stereocenters. The molecule has 5 heteroatoms.